The Morgan fingerprint density at radius 1 is 1.04 bits per heavy atom. The molecule has 1 saturated carbocycles. The Morgan fingerprint density at radius 3 is 2.64 bits per heavy atom. The third-order valence-corrected chi connectivity index (χ3v) is 5.87. The van der Waals surface area contributed by atoms with Gasteiger partial charge in [-0.25, -0.2) is 9.67 Å². The van der Waals surface area contributed by atoms with Crippen LogP contribution in [0.25, 0.3) is 11.4 Å². The molecule has 2 aliphatic rings. The van der Waals surface area contributed by atoms with Crippen molar-refractivity contribution in [1.82, 2.24) is 14.8 Å². The minimum absolute atomic E-state index is 0.170. The van der Waals surface area contributed by atoms with Crippen molar-refractivity contribution < 1.29 is 4.79 Å². The van der Waals surface area contributed by atoms with Crippen molar-refractivity contribution >= 4 is 40.6 Å². The van der Waals surface area contributed by atoms with Gasteiger partial charge in [-0.1, -0.05) is 59.6 Å². The van der Waals surface area contributed by atoms with E-state index in [1.807, 2.05) is 36.4 Å². The molecule has 0 radical (unpaired) electrons. The van der Waals surface area contributed by atoms with Crippen molar-refractivity contribution in [2.75, 3.05) is 0 Å². The van der Waals surface area contributed by atoms with Crippen LogP contribution in [0.15, 0.2) is 53.5 Å². The predicted molar refractivity (Wildman–Crippen MR) is 110 cm³/mol. The fraction of sp³-hybridized carbons (Fsp3) is 0.238. The molecule has 0 saturated heterocycles. The monoisotopic (exact) mass is 410 g/mol. The van der Waals surface area contributed by atoms with E-state index in [-0.39, 0.29) is 17.7 Å². The summed E-state index contributed by atoms with van der Waals surface area (Å²) in [7, 11) is 0. The third-order valence-electron chi connectivity index (χ3n) is 5.31. The van der Waals surface area contributed by atoms with Crippen LogP contribution in [0.3, 0.4) is 0 Å². The largest absolute Gasteiger partial charge is 0.299 e. The van der Waals surface area contributed by atoms with Gasteiger partial charge in [-0.3, -0.25) is 4.79 Å². The first-order chi connectivity index (χ1) is 13.6. The van der Waals surface area contributed by atoms with Gasteiger partial charge in [0.1, 0.15) is 5.78 Å². The van der Waals surface area contributed by atoms with Crippen LogP contribution in [0.1, 0.15) is 30.9 Å². The highest BCUT2D eigenvalue weighted by Gasteiger charge is 2.42. The average Bonchev–Trinajstić information content (AvgIpc) is 3.12. The molecule has 1 aliphatic carbocycles. The highest BCUT2D eigenvalue weighted by atomic mass is 35.5. The zero-order valence-corrected chi connectivity index (χ0v) is 16.4. The highest BCUT2D eigenvalue weighted by Crippen LogP contribution is 2.43. The summed E-state index contributed by atoms with van der Waals surface area (Å²) in [4.78, 5) is 22.2. The molecule has 28 heavy (non-hydrogen) atoms. The molecule has 1 aliphatic heterocycles. The first-order valence-corrected chi connectivity index (χ1v) is 9.94. The lowest BCUT2D eigenvalue weighted by Crippen LogP contribution is -2.39. The summed E-state index contributed by atoms with van der Waals surface area (Å²) in [6.07, 6.45) is 2.14. The van der Waals surface area contributed by atoms with Crippen molar-refractivity contribution in [1.29, 1.82) is 0 Å². The number of hydrogen-bond donors (Lipinski definition) is 0. The Balaban J connectivity index is 1.71. The van der Waals surface area contributed by atoms with Crippen molar-refractivity contribution in [3.63, 3.8) is 0 Å². The van der Waals surface area contributed by atoms with Gasteiger partial charge in [0.15, 0.2) is 5.82 Å². The SMILES string of the molecule is O=C1CCCC2=Nc3nc(-c4ccccc4)nn3C(c3ccc(Cl)cc3Cl)C12. The van der Waals surface area contributed by atoms with E-state index in [1.54, 1.807) is 16.8 Å². The molecule has 1 aromatic heterocycles. The van der Waals surface area contributed by atoms with Crippen LogP contribution in [0.4, 0.5) is 5.95 Å². The van der Waals surface area contributed by atoms with E-state index >= 15 is 0 Å². The smallest absolute Gasteiger partial charge is 0.248 e. The number of aliphatic imine (C=N–C) groups is 1. The third kappa shape index (κ3) is 2.86. The van der Waals surface area contributed by atoms with Crippen LogP contribution < -0.4 is 0 Å². The van der Waals surface area contributed by atoms with Gasteiger partial charge in [-0.05, 0) is 30.5 Å². The summed E-state index contributed by atoms with van der Waals surface area (Å²) in [6.45, 7) is 0. The summed E-state index contributed by atoms with van der Waals surface area (Å²) in [6, 6.07) is 14.7. The minimum Gasteiger partial charge on any atom is -0.299 e. The standard InChI is InChI=1S/C21H16Cl2N4O/c22-13-9-10-14(15(23)11-13)19-18-16(7-4-8-17(18)28)24-21-25-20(26-27(19)21)12-5-2-1-3-6-12/h1-3,5-6,9-11,18-19H,4,7-8H2. The van der Waals surface area contributed by atoms with E-state index in [1.165, 1.54) is 0 Å². The van der Waals surface area contributed by atoms with Crippen molar-refractivity contribution in [3.05, 3.63) is 64.1 Å². The van der Waals surface area contributed by atoms with Gasteiger partial charge in [-0.15, -0.1) is 5.10 Å². The summed E-state index contributed by atoms with van der Waals surface area (Å²) < 4.78 is 1.74. The predicted octanol–water partition coefficient (Wildman–Crippen LogP) is 5.30. The molecular formula is C21H16Cl2N4O. The number of ketones is 1. The average molecular weight is 411 g/mol. The van der Waals surface area contributed by atoms with Crippen LogP contribution in [0.2, 0.25) is 10.0 Å². The fourth-order valence-electron chi connectivity index (χ4n) is 4.03. The second-order valence-corrected chi connectivity index (χ2v) is 7.90. The lowest BCUT2D eigenvalue weighted by Gasteiger charge is -2.34. The number of aromatic nitrogens is 3. The van der Waals surface area contributed by atoms with Crippen LogP contribution in [0, 0.1) is 5.92 Å². The van der Waals surface area contributed by atoms with E-state index in [9.17, 15) is 4.79 Å². The van der Waals surface area contributed by atoms with E-state index in [0.717, 1.165) is 29.7 Å². The van der Waals surface area contributed by atoms with Crippen molar-refractivity contribution in [3.8, 4) is 11.4 Å². The quantitative estimate of drug-likeness (QED) is 0.575. The zero-order valence-electron chi connectivity index (χ0n) is 14.8. The molecule has 1 fully saturated rings. The summed E-state index contributed by atoms with van der Waals surface area (Å²) in [5.41, 5.74) is 2.58. The molecule has 5 nitrogen and oxygen atoms in total. The summed E-state index contributed by atoms with van der Waals surface area (Å²) in [5.74, 6) is 0.894. The molecule has 5 rings (SSSR count). The van der Waals surface area contributed by atoms with Crippen LogP contribution in [0.5, 0.6) is 0 Å². The number of carbonyl (C=O) groups excluding carboxylic acids is 1. The normalized spacial score (nSPS) is 21.1. The lowest BCUT2D eigenvalue weighted by molar-refractivity contribution is -0.122. The number of carbonyl (C=O) groups is 1. The van der Waals surface area contributed by atoms with Gasteiger partial charge >= 0.3 is 0 Å². The van der Waals surface area contributed by atoms with E-state index in [2.05, 4.69) is 4.98 Å². The molecule has 7 heteroatoms. The second kappa shape index (κ2) is 6.83. The molecule has 2 heterocycles. The molecule has 0 bridgehead atoms. The lowest BCUT2D eigenvalue weighted by atomic mass is 9.78. The topological polar surface area (TPSA) is 60.1 Å². The van der Waals surface area contributed by atoms with Crippen molar-refractivity contribution in [2.24, 2.45) is 10.9 Å². The van der Waals surface area contributed by atoms with Crippen LogP contribution in [-0.2, 0) is 4.79 Å². The summed E-state index contributed by atoms with van der Waals surface area (Å²) in [5, 5.41) is 5.79. The molecule has 0 amide bonds. The Hall–Kier alpha value is -2.50. The number of benzene rings is 2. The maximum atomic E-state index is 12.9. The Labute approximate surface area is 172 Å². The Morgan fingerprint density at radius 2 is 1.86 bits per heavy atom. The number of nitrogens with zero attached hydrogens (tertiary/aromatic N) is 4. The van der Waals surface area contributed by atoms with E-state index in [4.69, 9.17) is 33.3 Å². The minimum atomic E-state index is -0.370. The number of rotatable bonds is 2. The van der Waals surface area contributed by atoms with Crippen LogP contribution >= 0.6 is 23.2 Å². The Bertz CT molecular complexity index is 1110. The van der Waals surface area contributed by atoms with Gasteiger partial charge in [0, 0.05) is 27.7 Å². The first kappa shape index (κ1) is 17.6. The molecule has 2 unspecified atom stereocenters. The molecular weight excluding hydrogens is 395 g/mol. The van der Waals surface area contributed by atoms with Gasteiger partial charge in [0.25, 0.3) is 0 Å². The van der Waals surface area contributed by atoms with Crippen molar-refractivity contribution in [2.45, 2.75) is 25.3 Å². The molecule has 2 atom stereocenters. The summed E-state index contributed by atoms with van der Waals surface area (Å²) >= 11 is 12.6. The van der Waals surface area contributed by atoms with Crippen LogP contribution in [-0.4, -0.2) is 26.3 Å². The van der Waals surface area contributed by atoms with E-state index in [0.29, 0.717) is 28.2 Å². The second-order valence-electron chi connectivity index (χ2n) is 7.06. The van der Waals surface area contributed by atoms with Gasteiger partial charge in [0.05, 0.1) is 12.0 Å². The first-order valence-electron chi connectivity index (χ1n) is 9.19. The zero-order chi connectivity index (χ0) is 19.3. The van der Waals surface area contributed by atoms with Gasteiger partial charge in [-0.2, -0.15) is 4.98 Å². The fourth-order valence-corrected chi connectivity index (χ4v) is 4.55. The molecule has 2 aromatic carbocycles. The molecule has 3 aromatic rings. The maximum absolute atomic E-state index is 12.9. The van der Waals surface area contributed by atoms with Gasteiger partial charge in [0.2, 0.25) is 5.95 Å². The Kier molecular flexibility index (Phi) is 4.29. The number of Topliss-reactive ketones (excluding diaryl/α,β-unsaturated/α-hetero) is 1. The molecule has 0 N–H and O–H groups in total. The number of fused-ring (bicyclic) bond motifs is 2. The molecule has 140 valence electrons. The molecule has 0 spiro atoms. The number of halogens is 2. The van der Waals surface area contributed by atoms with E-state index < -0.39 is 0 Å². The number of hydrogen-bond acceptors (Lipinski definition) is 4. The highest BCUT2D eigenvalue weighted by molar-refractivity contribution is 6.35. The van der Waals surface area contributed by atoms with Gasteiger partial charge < -0.3 is 0 Å². The maximum Gasteiger partial charge on any atom is 0.248 e.